The average molecular weight is 433 g/mol. The fourth-order valence-corrected chi connectivity index (χ4v) is 4.93. The molecule has 4 heterocycles. The Morgan fingerprint density at radius 3 is 2.81 bits per heavy atom. The minimum absolute atomic E-state index is 0.307. The van der Waals surface area contributed by atoms with Gasteiger partial charge in [0.2, 0.25) is 0 Å². The second-order valence-electron chi connectivity index (χ2n) is 9.08. The number of ether oxygens (including phenoxy) is 2. The van der Waals surface area contributed by atoms with E-state index in [0.717, 1.165) is 89.7 Å². The second kappa shape index (κ2) is 11.8. The third kappa shape index (κ3) is 6.42. The van der Waals surface area contributed by atoms with Gasteiger partial charge in [0.05, 0.1) is 18.8 Å². The molecule has 0 radical (unpaired) electrons. The van der Waals surface area contributed by atoms with Crippen LogP contribution in [0.3, 0.4) is 0 Å². The first kappa shape index (κ1) is 22.5. The highest BCUT2D eigenvalue weighted by Crippen LogP contribution is 2.18. The number of rotatable bonds is 7. The molecule has 2 saturated heterocycles. The van der Waals surface area contributed by atoms with E-state index in [0.29, 0.717) is 12.2 Å². The van der Waals surface area contributed by atoms with Crippen molar-refractivity contribution in [2.75, 3.05) is 39.9 Å². The number of aliphatic imine (C=N–C) groups is 1. The lowest BCUT2D eigenvalue weighted by Gasteiger charge is -2.35. The summed E-state index contributed by atoms with van der Waals surface area (Å²) in [5, 5.41) is 12.4. The number of piperidine rings is 1. The van der Waals surface area contributed by atoms with Gasteiger partial charge in [-0.3, -0.25) is 4.99 Å². The molecule has 174 valence electrons. The minimum atomic E-state index is 0.307. The van der Waals surface area contributed by atoms with Gasteiger partial charge in [-0.2, -0.15) is 0 Å². The summed E-state index contributed by atoms with van der Waals surface area (Å²) in [7, 11) is 1.88. The summed E-state index contributed by atoms with van der Waals surface area (Å²) in [6.45, 7) is 5.63. The maximum Gasteiger partial charge on any atom is 0.193 e. The molecule has 0 aromatic carbocycles. The molecule has 1 aromatic rings. The van der Waals surface area contributed by atoms with E-state index in [1.54, 1.807) is 0 Å². The Hall–Kier alpha value is -1.67. The number of likely N-dealkylation sites (tertiary alicyclic amines) is 1. The zero-order valence-corrected chi connectivity index (χ0v) is 19.2. The van der Waals surface area contributed by atoms with Crippen LogP contribution in [-0.4, -0.2) is 77.7 Å². The first-order valence-electron chi connectivity index (χ1n) is 12.4. The monoisotopic (exact) mass is 432 g/mol. The van der Waals surface area contributed by atoms with Crippen LogP contribution in [0.25, 0.3) is 0 Å². The molecule has 31 heavy (non-hydrogen) atoms. The highest BCUT2D eigenvalue weighted by Gasteiger charge is 2.23. The molecule has 1 unspecified atom stereocenters. The number of guanidine groups is 1. The van der Waals surface area contributed by atoms with E-state index in [-0.39, 0.29) is 0 Å². The van der Waals surface area contributed by atoms with E-state index in [1.807, 2.05) is 7.05 Å². The van der Waals surface area contributed by atoms with Crippen molar-refractivity contribution in [1.29, 1.82) is 0 Å². The predicted octanol–water partition coefficient (Wildman–Crippen LogP) is 2.56. The lowest BCUT2D eigenvalue weighted by atomic mass is 10.1. The number of hydrogen-bond acceptors (Lipinski definition) is 5. The standard InChI is InChI=1S/C23H40N6O2/c1-24-23(25-13-7-10-22-27-26-21-9-3-2-5-14-29(21)22)28-15-11-19(12-16-28)31-18-20-8-4-6-17-30-20/h19-20H,2-18H2,1H3,(H,24,25). The van der Waals surface area contributed by atoms with Crippen molar-refractivity contribution in [3.8, 4) is 0 Å². The molecule has 3 aliphatic heterocycles. The first-order chi connectivity index (χ1) is 15.3. The highest BCUT2D eigenvalue weighted by atomic mass is 16.5. The molecule has 0 bridgehead atoms. The molecule has 1 atom stereocenters. The Bertz CT molecular complexity index is 692. The number of aryl methyl sites for hydroxylation is 2. The molecule has 3 aliphatic rings. The number of aromatic nitrogens is 3. The second-order valence-corrected chi connectivity index (χ2v) is 9.08. The molecule has 0 spiro atoms. The number of nitrogens with zero attached hydrogens (tertiary/aromatic N) is 5. The van der Waals surface area contributed by atoms with Crippen LogP contribution >= 0.6 is 0 Å². The summed E-state index contributed by atoms with van der Waals surface area (Å²) < 4.78 is 14.3. The van der Waals surface area contributed by atoms with Crippen molar-refractivity contribution in [2.45, 2.75) is 89.4 Å². The Morgan fingerprint density at radius 2 is 2.00 bits per heavy atom. The number of hydrogen-bond donors (Lipinski definition) is 1. The highest BCUT2D eigenvalue weighted by molar-refractivity contribution is 5.79. The Kier molecular flexibility index (Phi) is 8.58. The van der Waals surface area contributed by atoms with Crippen LogP contribution in [-0.2, 0) is 28.9 Å². The fourth-order valence-electron chi connectivity index (χ4n) is 4.93. The summed E-state index contributed by atoms with van der Waals surface area (Å²) in [4.78, 5) is 6.87. The minimum Gasteiger partial charge on any atom is -0.376 e. The van der Waals surface area contributed by atoms with Crippen molar-refractivity contribution in [3.05, 3.63) is 11.6 Å². The molecule has 0 saturated carbocycles. The summed E-state index contributed by atoms with van der Waals surface area (Å²) in [6, 6.07) is 0. The van der Waals surface area contributed by atoms with Crippen LogP contribution in [0.1, 0.15) is 69.4 Å². The average Bonchev–Trinajstić information content (AvgIpc) is 3.04. The zero-order chi connectivity index (χ0) is 21.3. The lowest BCUT2D eigenvalue weighted by Crippen LogP contribution is -2.47. The Labute approximate surface area is 186 Å². The van der Waals surface area contributed by atoms with Crippen LogP contribution in [0.5, 0.6) is 0 Å². The smallest absolute Gasteiger partial charge is 0.193 e. The quantitative estimate of drug-likeness (QED) is 0.405. The lowest BCUT2D eigenvalue weighted by molar-refractivity contribution is -0.0721. The number of nitrogens with one attached hydrogen (secondary N) is 1. The third-order valence-electron chi connectivity index (χ3n) is 6.79. The van der Waals surface area contributed by atoms with Crippen molar-refractivity contribution in [3.63, 3.8) is 0 Å². The van der Waals surface area contributed by atoms with Crippen molar-refractivity contribution >= 4 is 5.96 Å². The van der Waals surface area contributed by atoms with Crippen LogP contribution in [0.15, 0.2) is 4.99 Å². The summed E-state index contributed by atoms with van der Waals surface area (Å²) in [5.74, 6) is 3.33. The van der Waals surface area contributed by atoms with Gasteiger partial charge >= 0.3 is 0 Å². The Morgan fingerprint density at radius 1 is 1.10 bits per heavy atom. The summed E-state index contributed by atoms with van der Waals surface area (Å²) >= 11 is 0. The van der Waals surface area contributed by atoms with Gasteiger partial charge < -0.3 is 24.3 Å². The molecule has 8 nitrogen and oxygen atoms in total. The van der Waals surface area contributed by atoms with Crippen LogP contribution in [0.2, 0.25) is 0 Å². The molecule has 4 rings (SSSR count). The Balaban J connectivity index is 1.14. The van der Waals surface area contributed by atoms with E-state index in [1.165, 1.54) is 37.9 Å². The van der Waals surface area contributed by atoms with E-state index >= 15 is 0 Å². The van der Waals surface area contributed by atoms with Gasteiger partial charge in [-0.25, -0.2) is 0 Å². The van der Waals surface area contributed by atoms with E-state index in [4.69, 9.17) is 9.47 Å². The van der Waals surface area contributed by atoms with Gasteiger partial charge in [0.1, 0.15) is 11.6 Å². The van der Waals surface area contributed by atoms with Gasteiger partial charge in [0.15, 0.2) is 5.96 Å². The van der Waals surface area contributed by atoms with Gasteiger partial charge in [-0.1, -0.05) is 6.42 Å². The molecule has 0 aliphatic carbocycles. The van der Waals surface area contributed by atoms with Crippen molar-refractivity contribution in [1.82, 2.24) is 25.0 Å². The fraction of sp³-hybridized carbons (Fsp3) is 0.870. The van der Waals surface area contributed by atoms with Gasteiger partial charge in [0, 0.05) is 52.7 Å². The molecule has 8 heteroatoms. The van der Waals surface area contributed by atoms with Crippen LogP contribution in [0.4, 0.5) is 0 Å². The van der Waals surface area contributed by atoms with E-state index in [9.17, 15) is 0 Å². The molecule has 1 aromatic heterocycles. The molecule has 2 fully saturated rings. The normalized spacial score (nSPS) is 23.5. The molecular formula is C23H40N6O2. The summed E-state index contributed by atoms with van der Waals surface area (Å²) in [6.07, 6.45) is 13.3. The predicted molar refractivity (Wildman–Crippen MR) is 121 cm³/mol. The molecule has 0 amide bonds. The van der Waals surface area contributed by atoms with Gasteiger partial charge in [-0.05, 0) is 51.4 Å². The van der Waals surface area contributed by atoms with Crippen LogP contribution < -0.4 is 5.32 Å². The molecule has 1 N–H and O–H groups in total. The number of fused-ring (bicyclic) bond motifs is 1. The van der Waals surface area contributed by atoms with Crippen LogP contribution in [0, 0.1) is 0 Å². The zero-order valence-electron chi connectivity index (χ0n) is 19.2. The third-order valence-corrected chi connectivity index (χ3v) is 6.79. The van der Waals surface area contributed by atoms with E-state index < -0.39 is 0 Å². The maximum absolute atomic E-state index is 6.15. The van der Waals surface area contributed by atoms with Crippen molar-refractivity contribution in [2.24, 2.45) is 4.99 Å². The molecular weight excluding hydrogens is 392 g/mol. The first-order valence-corrected chi connectivity index (χ1v) is 12.4. The summed E-state index contributed by atoms with van der Waals surface area (Å²) in [5.41, 5.74) is 0. The van der Waals surface area contributed by atoms with E-state index in [2.05, 4.69) is 30.0 Å². The van der Waals surface area contributed by atoms with Gasteiger partial charge in [0.25, 0.3) is 0 Å². The topological polar surface area (TPSA) is 76.8 Å². The largest absolute Gasteiger partial charge is 0.376 e. The van der Waals surface area contributed by atoms with Crippen molar-refractivity contribution < 1.29 is 9.47 Å². The maximum atomic E-state index is 6.15. The SMILES string of the molecule is CN=C(NCCCc1nnc2n1CCCCC2)N1CCC(OCC2CCCCO2)CC1. The van der Waals surface area contributed by atoms with Gasteiger partial charge in [-0.15, -0.1) is 10.2 Å².